The molecule has 0 saturated heterocycles. The second kappa shape index (κ2) is 10.2. The van der Waals surface area contributed by atoms with Crippen LogP contribution >= 0.6 is 11.6 Å². The molecule has 0 spiro atoms. The lowest BCUT2D eigenvalue weighted by Crippen LogP contribution is -2.41. The van der Waals surface area contributed by atoms with E-state index in [0.717, 1.165) is 0 Å². The van der Waals surface area contributed by atoms with Crippen molar-refractivity contribution in [1.29, 1.82) is 0 Å². The molecule has 0 bridgehead atoms. The number of carbonyl (C=O) groups excluding carboxylic acids is 4. The lowest BCUT2D eigenvalue weighted by atomic mass is 10.1. The number of carbonyl (C=O) groups is 4. The molecule has 2 N–H and O–H groups in total. The van der Waals surface area contributed by atoms with Gasteiger partial charge in [0.25, 0.3) is 5.91 Å². The van der Waals surface area contributed by atoms with Crippen LogP contribution in [-0.2, 0) is 14.3 Å². The molecule has 2 aromatic rings. The topological polar surface area (TPSA) is 102 Å². The first kappa shape index (κ1) is 21.1. The van der Waals surface area contributed by atoms with Crippen LogP contribution in [0.3, 0.4) is 0 Å². The largest absolute Gasteiger partial charge is 0.454 e. The fraction of sp³-hybridized carbons (Fsp3) is 0.200. The molecule has 0 radical (unpaired) electrons. The quantitative estimate of drug-likeness (QED) is 0.421. The molecule has 1 unspecified atom stereocenters. The first-order valence-electron chi connectivity index (χ1n) is 8.50. The first-order valence-corrected chi connectivity index (χ1v) is 8.88. The summed E-state index contributed by atoms with van der Waals surface area (Å²) in [5.41, 5.74) is 5.18. The standard InChI is InChI=1S/C20H19ClN2O5/c1-13(19(26)15-8-5-9-16(21)12-15)28-18(25)11-10-17(24)22-23-20(27)14-6-3-2-4-7-14/h2-9,12-13H,10-11H2,1H3,(H,22,24)(H,23,27). The van der Waals surface area contributed by atoms with Crippen molar-refractivity contribution in [2.24, 2.45) is 0 Å². The molecule has 0 saturated carbocycles. The minimum absolute atomic E-state index is 0.202. The molecule has 28 heavy (non-hydrogen) atoms. The number of rotatable bonds is 7. The summed E-state index contributed by atoms with van der Waals surface area (Å²) in [5.74, 6) is -2.13. The minimum atomic E-state index is -1.01. The molecule has 0 fully saturated rings. The number of benzene rings is 2. The highest BCUT2D eigenvalue weighted by atomic mass is 35.5. The summed E-state index contributed by atoms with van der Waals surface area (Å²) in [5, 5.41) is 0.401. The number of amides is 2. The van der Waals surface area contributed by atoms with Gasteiger partial charge < -0.3 is 4.74 Å². The van der Waals surface area contributed by atoms with Crippen LogP contribution in [0.25, 0.3) is 0 Å². The zero-order valence-electron chi connectivity index (χ0n) is 15.1. The third-order valence-corrected chi connectivity index (χ3v) is 3.93. The number of nitrogens with one attached hydrogen (secondary N) is 2. The number of ketones is 1. The summed E-state index contributed by atoms with van der Waals surface area (Å²) in [4.78, 5) is 47.6. The van der Waals surface area contributed by atoms with Crippen LogP contribution in [0.15, 0.2) is 54.6 Å². The Morgan fingerprint density at radius 1 is 0.929 bits per heavy atom. The number of Topliss-reactive ketones (excluding diaryl/α,β-unsaturated/α-hetero) is 1. The zero-order valence-corrected chi connectivity index (χ0v) is 15.9. The maximum Gasteiger partial charge on any atom is 0.307 e. The molecule has 0 aliphatic carbocycles. The molecule has 8 heteroatoms. The molecule has 0 heterocycles. The van der Waals surface area contributed by atoms with Gasteiger partial charge in [-0.15, -0.1) is 0 Å². The van der Waals surface area contributed by atoms with E-state index in [-0.39, 0.29) is 12.8 Å². The second-order valence-corrected chi connectivity index (χ2v) is 6.31. The Morgan fingerprint density at radius 2 is 1.61 bits per heavy atom. The molecule has 0 aliphatic rings. The van der Waals surface area contributed by atoms with Crippen molar-refractivity contribution in [3.8, 4) is 0 Å². The Hall–Kier alpha value is -3.19. The van der Waals surface area contributed by atoms with E-state index >= 15 is 0 Å². The average Bonchev–Trinajstić information content (AvgIpc) is 2.70. The van der Waals surface area contributed by atoms with Crippen molar-refractivity contribution in [2.75, 3.05) is 0 Å². The van der Waals surface area contributed by atoms with Gasteiger partial charge in [0, 0.05) is 22.6 Å². The van der Waals surface area contributed by atoms with Crippen LogP contribution in [0.2, 0.25) is 5.02 Å². The predicted octanol–water partition coefficient (Wildman–Crippen LogP) is 2.70. The van der Waals surface area contributed by atoms with Gasteiger partial charge in [0.2, 0.25) is 11.7 Å². The summed E-state index contributed by atoms with van der Waals surface area (Å²) in [6.07, 6.45) is -1.45. The number of halogens is 1. The Morgan fingerprint density at radius 3 is 2.29 bits per heavy atom. The van der Waals surface area contributed by atoms with Gasteiger partial charge in [-0.1, -0.05) is 41.9 Å². The third kappa shape index (κ3) is 6.51. The molecule has 146 valence electrons. The lowest BCUT2D eigenvalue weighted by molar-refractivity contribution is -0.147. The molecule has 1 atom stereocenters. The predicted molar refractivity (Wildman–Crippen MR) is 103 cm³/mol. The third-order valence-electron chi connectivity index (χ3n) is 3.69. The van der Waals surface area contributed by atoms with E-state index in [1.807, 2.05) is 0 Å². The Labute approximate surface area is 167 Å². The molecule has 2 amide bonds. The first-order chi connectivity index (χ1) is 13.4. The van der Waals surface area contributed by atoms with Crippen LogP contribution in [0.1, 0.15) is 40.5 Å². The van der Waals surface area contributed by atoms with Crippen molar-refractivity contribution in [1.82, 2.24) is 10.9 Å². The summed E-state index contributed by atoms with van der Waals surface area (Å²) in [6, 6.07) is 14.6. The van der Waals surface area contributed by atoms with Gasteiger partial charge in [0.1, 0.15) is 0 Å². The normalized spacial score (nSPS) is 11.2. The van der Waals surface area contributed by atoms with Gasteiger partial charge in [0.15, 0.2) is 6.10 Å². The maximum atomic E-state index is 12.2. The van der Waals surface area contributed by atoms with Crippen molar-refractivity contribution < 1.29 is 23.9 Å². The summed E-state index contributed by atoms with van der Waals surface area (Å²) in [7, 11) is 0. The number of hydrazine groups is 1. The van der Waals surface area contributed by atoms with Crippen LogP contribution < -0.4 is 10.9 Å². The minimum Gasteiger partial charge on any atom is -0.454 e. The molecule has 2 aromatic carbocycles. The number of hydrogen-bond acceptors (Lipinski definition) is 5. The van der Waals surface area contributed by atoms with E-state index in [4.69, 9.17) is 16.3 Å². The fourth-order valence-electron chi connectivity index (χ4n) is 2.25. The molecular formula is C20H19ClN2O5. The zero-order chi connectivity index (χ0) is 20.5. The molecule has 2 rings (SSSR count). The van der Waals surface area contributed by atoms with Crippen LogP contribution in [-0.4, -0.2) is 29.7 Å². The highest BCUT2D eigenvalue weighted by Crippen LogP contribution is 2.14. The van der Waals surface area contributed by atoms with E-state index in [1.165, 1.54) is 13.0 Å². The van der Waals surface area contributed by atoms with Gasteiger partial charge in [-0.25, -0.2) is 0 Å². The van der Waals surface area contributed by atoms with Crippen LogP contribution in [0.4, 0.5) is 0 Å². The Bertz CT molecular complexity index is 870. The number of esters is 1. The summed E-state index contributed by atoms with van der Waals surface area (Å²) >= 11 is 5.84. The summed E-state index contributed by atoms with van der Waals surface area (Å²) in [6.45, 7) is 1.45. The Balaban J connectivity index is 1.73. The van der Waals surface area contributed by atoms with Crippen LogP contribution in [0.5, 0.6) is 0 Å². The van der Waals surface area contributed by atoms with E-state index < -0.39 is 29.7 Å². The van der Waals surface area contributed by atoms with Gasteiger partial charge in [-0.05, 0) is 31.2 Å². The Kier molecular flexibility index (Phi) is 7.71. The van der Waals surface area contributed by atoms with Gasteiger partial charge >= 0.3 is 5.97 Å². The van der Waals surface area contributed by atoms with Crippen molar-refractivity contribution >= 4 is 35.2 Å². The molecule has 0 aromatic heterocycles. The monoisotopic (exact) mass is 402 g/mol. The highest BCUT2D eigenvalue weighted by Gasteiger charge is 2.20. The number of ether oxygens (including phenoxy) is 1. The second-order valence-electron chi connectivity index (χ2n) is 5.88. The average molecular weight is 403 g/mol. The highest BCUT2D eigenvalue weighted by molar-refractivity contribution is 6.31. The molecule has 7 nitrogen and oxygen atoms in total. The molecular weight excluding hydrogens is 384 g/mol. The van der Waals surface area contributed by atoms with Gasteiger partial charge in [-0.3, -0.25) is 30.0 Å². The maximum absolute atomic E-state index is 12.2. The van der Waals surface area contributed by atoms with Crippen molar-refractivity contribution in [3.05, 3.63) is 70.7 Å². The fourth-order valence-corrected chi connectivity index (χ4v) is 2.44. The molecule has 0 aliphatic heterocycles. The SMILES string of the molecule is CC(OC(=O)CCC(=O)NNC(=O)c1ccccc1)C(=O)c1cccc(Cl)c1. The van der Waals surface area contributed by atoms with Crippen molar-refractivity contribution in [3.63, 3.8) is 0 Å². The van der Waals surface area contributed by atoms with Crippen molar-refractivity contribution in [2.45, 2.75) is 25.9 Å². The van der Waals surface area contributed by atoms with E-state index in [2.05, 4.69) is 10.9 Å². The van der Waals surface area contributed by atoms with Gasteiger partial charge in [-0.2, -0.15) is 0 Å². The number of hydrogen-bond donors (Lipinski definition) is 2. The van der Waals surface area contributed by atoms with Gasteiger partial charge in [0.05, 0.1) is 6.42 Å². The lowest BCUT2D eigenvalue weighted by Gasteiger charge is -2.12. The van der Waals surface area contributed by atoms with Crippen LogP contribution in [0, 0.1) is 0 Å². The van der Waals surface area contributed by atoms with E-state index in [1.54, 1.807) is 48.5 Å². The van der Waals surface area contributed by atoms with E-state index in [0.29, 0.717) is 16.1 Å². The smallest absolute Gasteiger partial charge is 0.307 e. The summed E-state index contributed by atoms with van der Waals surface area (Å²) < 4.78 is 5.05. The van der Waals surface area contributed by atoms with E-state index in [9.17, 15) is 19.2 Å².